The molecular weight excluding hydrogens is 370 g/mol. The van der Waals surface area contributed by atoms with Crippen molar-refractivity contribution in [2.45, 2.75) is 32.6 Å². The first-order valence-electron chi connectivity index (χ1n) is 9.21. The molecule has 0 bridgehead atoms. The fourth-order valence-electron chi connectivity index (χ4n) is 3.49. The average molecular weight is 396 g/mol. The van der Waals surface area contributed by atoms with Crippen molar-refractivity contribution in [3.05, 3.63) is 77.5 Å². The third-order valence-corrected chi connectivity index (χ3v) is 6.22. The Balaban J connectivity index is 1.86. The molecule has 3 rings (SSSR count). The van der Waals surface area contributed by atoms with Crippen molar-refractivity contribution in [1.82, 2.24) is 4.98 Å². The summed E-state index contributed by atoms with van der Waals surface area (Å²) in [6.45, 7) is 8.39. The molecule has 3 aromatic rings. The summed E-state index contributed by atoms with van der Waals surface area (Å²) in [7, 11) is -3.69. The van der Waals surface area contributed by atoms with E-state index in [4.69, 9.17) is 0 Å². The Bertz CT molecular complexity index is 1040. The van der Waals surface area contributed by atoms with Crippen LogP contribution in [0, 0.1) is 20.8 Å². The number of benzene rings is 2. The van der Waals surface area contributed by atoms with Crippen molar-refractivity contribution < 1.29 is 8.42 Å². The van der Waals surface area contributed by atoms with Crippen LogP contribution in [-0.4, -0.2) is 19.9 Å². The Labute approximate surface area is 167 Å². The summed E-state index contributed by atoms with van der Waals surface area (Å²) in [6.07, 6.45) is 1.55. The lowest BCUT2D eigenvalue weighted by Crippen LogP contribution is -2.18. The third kappa shape index (κ3) is 4.17. The van der Waals surface area contributed by atoms with Crippen molar-refractivity contribution in [1.29, 1.82) is 0 Å². The molecule has 1 aromatic heterocycles. The molecule has 5 nitrogen and oxygen atoms in total. The van der Waals surface area contributed by atoms with E-state index in [0.29, 0.717) is 10.6 Å². The molecular formula is C22H25N3O2S. The highest BCUT2D eigenvalue weighted by Gasteiger charge is 2.20. The number of hydrogen-bond donors (Lipinski definition) is 1. The minimum atomic E-state index is -3.69. The van der Waals surface area contributed by atoms with Gasteiger partial charge in [0.2, 0.25) is 0 Å². The predicted octanol–water partition coefficient (Wildman–Crippen LogP) is 4.97. The molecule has 0 atom stereocenters. The second-order valence-corrected chi connectivity index (χ2v) is 8.44. The molecule has 1 heterocycles. The van der Waals surface area contributed by atoms with E-state index >= 15 is 0 Å². The second kappa shape index (κ2) is 8.02. The van der Waals surface area contributed by atoms with E-state index in [1.165, 1.54) is 0 Å². The molecule has 146 valence electrons. The number of nitrogens with zero attached hydrogens (tertiary/aromatic N) is 2. The molecule has 0 amide bonds. The maximum Gasteiger partial charge on any atom is 0.262 e. The van der Waals surface area contributed by atoms with Crippen molar-refractivity contribution >= 4 is 27.2 Å². The van der Waals surface area contributed by atoms with Crippen LogP contribution < -0.4 is 9.62 Å². The van der Waals surface area contributed by atoms with Crippen LogP contribution >= 0.6 is 0 Å². The number of sulfonamides is 1. The van der Waals surface area contributed by atoms with Gasteiger partial charge in [-0.25, -0.2) is 13.4 Å². The average Bonchev–Trinajstić information content (AvgIpc) is 2.63. The summed E-state index contributed by atoms with van der Waals surface area (Å²) < 4.78 is 28.5. The topological polar surface area (TPSA) is 62.3 Å². The van der Waals surface area contributed by atoms with Crippen molar-refractivity contribution in [2.24, 2.45) is 0 Å². The molecule has 6 heteroatoms. The van der Waals surface area contributed by atoms with E-state index in [1.54, 1.807) is 12.3 Å². The SMILES string of the molecule is CCN(c1ccccc1)c1ccc(NS(=O)(=O)c2c(C)cc(C)cc2C)cn1. The number of anilines is 3. The minimum Gasteiger partial charge on any atom is -0.327 e. The van der Waals surface area contributed by atoms with Gasteiger partial charge in [-0.2, -0.15) is 0 Å². The smallest absolute Gasteiger partial charge is 0.262 e. The zero-order valence-corrected chi connectivity index (χ0v) is 17.4. The van der Waals surface area contributed by atoms with Gasteiger partial charge in [-0.15, -0.1) is 0 Å². The lowest BCUT2D eigenvalue weighted by atomic mass is 10.1. The van der Waals surface area contributed by atoms with Gasteiger partial charge in [0, 0.05) is 12.2 Å². The number of hydrogen-bond acceptors (Lipinski definition) is 4. The molecule has 0 spiro atoms. The first-order chi connectivity index (χ1) is 13.3. The lowest BCUT2D eigenvalue weighted by molar-refractivity contribution is 0.600. The van der Waals surface area contributed by atoms with Gasteiger partial charge in [0.15, 0.2) is 0 Å². The molecule has 0 unspecified atom stereocenters. The Morgan fingerprint density at radius 2 is 1.61 bits per heavy atom. The van der Waals surface area contributed by atoms with Gasteiger partial charge in [-0.05, 0) is 63.1 Å². The fraction of sp³-hybridized carbons (Fsp3) is 0.227. The molecule has 0 aliphatic rings. The van der Waals surface area contributed by atoms with Crippen LogP contribution in [-0.2, 0) is 10.0 Å². The zero-order chi connectivity index (χ0) is 20.3. The molecule has 0 saturated heterocycles. The Morgan fingerprint density at radius 3 is 2.14 bits per heavy atom. The molecule has 0 aliphatic carbocycles. The summed E-state index contributed by atoms with van der Waals surface area (Å²) in [5.41, 5.74) is 3.98. The van der Waals surface area contributed by atoms with E-state index in [1.807, 2.05) is 76.2 Å². The number of nitrogens with one attached hydrogen (secondary N) is 1. The number of rotatable bonds is 6. The highest BCUT2D eigenvalue weighted by Crippen LogP contribution is 2.26. The second-order valence-electron chi connectivity index (χ2n) is 6.82. The van der Waals surface area contributed by atoms with Crippen LogP contribution in [0.1, 0.15) is 23.6 Å². The van der Waals surface area contributed by atoms with Gasteiger partial charge >= 0.3 is 0 Å². The summed E-state index contributed by atoms with van der Waals surface area (Å²) in [5.74, 6) is 0.763. The first kappa shape index (κ1) is 19.9. The van der Waals surface area contributed by atoms with Gasteiger partial charge in [0.1, 0.15) is 5.82 Å². The molecule has 0 saturated carbocycles. The van der Waals surface area contributed by atoms with Crippen LogP contribution in [0.3, 0.4) is 0 Å². The van der Waals surface area contributed by atoms with Gasteiger partial charge in [0.25, 0.3) is 10.0 Å². The van der Waals surface area contributed by atoms with Crippen LogP contribution in [0.15, 0.2) is 65.7 Å². The van der Waals surface area contributed by atoms with Crippen molar-refractivity contribution in [2.75, 3.05) is 16.2 Å². The molecule has 1 N–H and O–H groups in total. The molecule has 0 fully saturated rings. The Hall–Kier alpha value is -2.86. The van der Waals surface area contributed by atoms with E-state index in [-0.39, 0.29) is 0 Å². The first-order valence-corrected chi connectivity index (χ1v) is 10.7. The summed E-state index contributed by atoms with van der Waals surface area (Å²) in [5, 5.41) is 0. The van der Waals surface area contributed by atoms with E-state index in [0.717, 1.165) is 34.7 Å². The van der Waals surface area contributed by atoms with Crippen LogP contribution in [0.2, 0.25) is 0 Å². The highest BCUT2D eigenvalue weighted by atomic mass is 32.2. The number of para-hydroxylation sites is 1. The monoisotopic (exact) mass is 395 g/mol. The maximum atomic E-state index is 12.9. The quantitative estimate of drug-likeness (QED) is 0.640. The number of aromatic nitrogens is 1. The minimum absolute atomic E-state index is 0.321. The summed E-state index contributed by atoms with van der Waals surface area (Å²) >= 11 is 0. The van der Waals surface area contributed by atoms with E-state index in [9.17, 15) is 8.42 Å². The van der Waals surface area contributed by atoms with Gasteiger partial charge in [0.05, 0.1) is 16.8 Å². The van der Waals surface area contributed by atoms with Gasteiger partial charge < -0.3 is 4.90 Å². The van der Waals surface area contributed by atoms with Crippen molar-refractivity contribution in [3.63, 3.8) is 0 Å². The largest absolute Gasteiger partial charge is 0.327 e. The third-order valence-electron chi connectivity index (χ3n) is 4.53. The number of pyridine rings is 1. The number of aryl methyl sites for hydroxylation is 3. The lowest BCUT2D eigenvalue weighted by Gasteiger charge is -2.22. The van der Waals surface area contributed by atoms with E-state index < -0.39 is 10.0 Å². The normalized spacial score (nSPS) is 11.3. The van der Waals surface area contributed by atoms with Crippen LogP contribution in [0.4, 0.5) is 17.2 Å². The zero-order valence-electron chi connectivity index (χ0n) is 16.6. The van der Waals surface area contributed by atoms with Crippen LogP contribution in [0.25, 0.3) is 0 Å². The van der Waals surface area contributed by atoms with Gasteiger partial charge in [-0.1, -0.05) is 35.9 Å². The van der Waals surface area contributed by atoms with Crippen LogP contribution in [0.5, 0.6) is 0 Å². The van der Waals surface area contributed by atoms with Gasteiger partial charge in [-0.3, -0.25) is 4.72 Å². The molecule has 0 aliphatic heterocycles. The molecule has 2 aromatic carbocycles. The summed E-state index contributed by atoms with van der Waals surface area (Å²) in [6, 6.07) is 17.3. The Morgan fingerprint density at radius 1 is 0.964 bits per heavy atom. The molecule has 28 heavy (non-hydrogen) atoms. The van der Waals surface area contributed by atoms with Crippen molar-refractivity contribution in [3.8, 4) is 0 Å². The Kier molecular flexibility index (Phi) is 5.70. The maximum absolute atomic E-state index is 12.9. The van der Waals surface area contributed by atoms with E-state index in [2.05, 4.69) is 14.6 Å². The fourth-order valence-corrected chi connectivity index (χ4v) is 4.99. The predicted molar refractivity (Wildman–Crippen MR) is 115 cm³/mol. The summed E-state index contributed by atoms with van der Waals surface area (Å²) in [4.78, 5) is 6.85. The highest BCUT2D eigenvalue weighted by molar-refractivity contribution is 7.92. The molecule has 0 radical (unpaired) electrons. The standard InChI is InChI=1S/C22H25N3O2S/c1-5-25(20-9-7-6-8-10-20)21-12-11-19(15-23-21)24-28(26,27)22-17(3)13-16(2)14-18(22)4/h6-15,24H,5H2,1-4H3.